The van der Waals surface area contributed by atoms with Crippen LogP contribution in [-0.2, 0) is 6.54 Å². The molecule has 0 N–H and O–H groups in total. The summed E-state index contributed by atoms with van der Waals surface area (Å²) >= 11 is 0. The number of aromatic nitrogens is 3. The molecule has 6 heteroatoms. The first-order valence-electron chi connectivity index (χ1n) is 8.96. The van der Waals surface area contributed by atoms with Crippen molar-refractivity contribution in [1.82, 2.24) is 20.0 Å². The Labute approximate surface area is 141 Å². The van der Waals surface area contributed by atoms with Crippen molar-refractivity contribution in [2.24, 2.45) is 11.8 Å². The zero-order chi connectivity index (χ0) is 16.1. The first-order chi connectivity index (χ1) is 11.7. The molecule has 0 spiro atoms. The van der Waals surface area contributed by atoms with Gasteiger partial charge in [0.05, 0.1) is 12.2 Å². The number of aryl methyl sites for hydroxylation is 1. The molecule has 2 aromatic heterocycles. The maximum absolute atomic E-state index is 5.36. The maximum atomic E-state index is 5.36. The predicted octanol–water partition coefficient (Wildman–Crippen LogP) is 2.22. The number of hydrogen-bond donors (Lipinski definition) is 0. The van der Waals surface area contributed by atoms with E-state index < -0.39 is 0 Å². The van der Waals surface area contributed by atoms with E-state index in [4.69, 9.17) is 4.52 Å². The Bertz CT molecular complexity index is 727. The lowest BCUT2D eigenvalue weighted by molar-refractivity contribution is 0.260. The molecule has 0 bridgehead atoms. The van der Waals surface area contributed by atoms with E-state index in [1.54, 1.807) is 6.33 Å². The van der Waals surface area contributed by atoms with Gasteiger partial charge >= 0.3 is 0 Å². The molecule has 5 rings (SSSR count). The van der Waals surface area contributed by atoms with E-state index in [9.17, 15) is 0 Å². The van der Waals surface area contributed by atoms with Crippen LogP contribution < -0.4 is 4.90 Å². The SMILES string of the molecule is Cc1cc(CN2CC3CN(c4cc(C5CC5)ncn4)CC3C2)on1. The Morgan fingerprint density at radius 1 is 1.08 bits per heavy atom. The molecular formula is C18H23N5O. The average molecular weight is 325 g/mol. The van der Waals surface area contributed by atoms with E-state index in [-0.39, 0.29) is 0 Å². The second-order valence-corrected chi connectivity index (χ2v) is 7.63. The van der Waals surface area contributed by atoms with Gasteiger partial charge in [-0.25, -0.2) is 9.97 Å². The van der Waals surface area contributed by atoms with Crippen molar-refractivity contribution in [2.75, 3.05) is 31.1 Å². The summed E-state index contributed by atoms with van der Waals surface area (Å²) in [6.45, 7) is 7.35. The third-order valence-corrected chi connectivity index (χ3v) is 5.61. The van der Waals surface area contributed by atoms with Gasteiger partial charge < -0.3 is 9.42 Å². The summed E-state index contributed by atoms with van der Waals surface area (Å²) in [4.78, 5) is 13.9. The lowest BCUT2D eigenvalue weighted by Crippen LogP contribution is -2.29. The largest absolute Gasteiger partial charge is 0.360 e. The Morgan fingerprint density at radius 2 is 1.88 bits per heavy atom. The lowest BCUT2D eigenvalue weighted by atomic mass is 10.0. The van der Waals surface area contributed by atoms with E-state index in [1.165, 1.54) is 18.5 Å². The van der Waals surface area contributed by atoms with Gasteiger partial charge in [-0.15, -0.1) is 0 Å². The first-order valence-corrected chi connectivity index (χ1v) is 8.96. The highest BCUT2D eigenvalue weighted by molar-refractivity contribution is 5.42. The van der Waals surface area contributed by atoms with Crippen molar-refractivity contribution in [3.8, 4) is 0 Å². The van der Waals surface area contributed by atoms with Crippen LogP contribution in [-0.4, -0.2) is 46.2 Å². The summed E-state index contributed by atoms with van der Waals surface area (Å²) < 4.78 is 5.36. The predicted molar refractivity (Wildman–Crippen MR) is 89.7 cm³/mol. The highest BCUT2D eigenvalue weighted by Gasteiger charge is 2.40. The summed E-state index contributed by atoms with van der Waals surface area (Å²) in [6, 6.07) is 4.26. The molecule has 0 radical (unpaired) electrons. The third-order valence-electron chi connectivity index (χ3n) is 5.61. The number of hydrogen-bond acceptors (Lipinski definition) is 6. The molecular weight excluding hydrogens is 302 g/mol. The van der Waals surface area contributed by atoms with E-state index in [1.807, 2.05) is 13.0 Å². The van der Waals surface area contributed by atoms with Gasteiger partial charge in [0.25, 0.3) is 0 Å². The summed E-state index contributed by atoms with van der Waals surface area (Å²) in [7, 11) is 0. The molecule has 126 valence electrons. The second-order valence-electron chi connectivity index (χ2n) is 7.63. The fraction of sp³-hybridized carbons (Fsp3) is 0.611. The van der Waals surface area contributed by atoms with E-state index >= 15 is 0 Å². The van der Waals surface area contributed by atoms with Gasteiger partial charge in [-0.2, -0.15) is 0 Å². The van der Waals surface area contributed by atoms with Gasteiger partial charge in [-0.05, 0) is 31.6 Å². The zero-order valence-corrected chi connectivity index (χ0v) is 14.1. The van der Waals surface area contributed by atoms with E-state index in [0.29, 0.717) is 5.92 Å². The van der Waals surface area contributed by atoms with Crippen molar-refractivity contribution >= 4 is 5.82 Å². The van der Waals surface area contributed by atoms with Crippen LogP contribution in [0.3, 0.4) is 0 Å². The Morgan fingerprint density at radius 3 is 2.54 bits per heavy atom. The monoisotopic (exact) mass is 325 g/mol. The molecule has 24 heavy (non-hydrogen) atoms. The van der Waals surface area contributed by atoms with Gasteiger partial charge in [0.1, 0.15) is 12.1 Å². The molecule has 3 aliphatic rings. The first kappa shape index (κ1) is 14.4. The molecule has 1 aliphatic carbocycles. The van der Waals surface area contributed by atoms with Crippen molar-refractivity contribution in [3.05, 3.63) is 35.6 Å². The molecule has 2 unspecified atom stereocenters. The average Bonchev–Trinajstić information content (AvgIpc) is 3.09. The normalized spacial score (nSPS) is 27.0. The van der Waals surface area contributed by atoms with Crippen LogP contribution in [0.4, 0.5) is 5.82 Å². The van der Waals surface area contributed by atoms with Crippen LogP contribution in [0.5, 0.6) is 0 Å². The second kappa shape index (κ2) is 5.55. The Hall–Kier alpha value is -1.95. The molecule has 2 saturated heterocycles. The van der Waals surface area contributed by atoms with Crippen LogP contribution >= 0.6 is 0 Å². The van der Waals surface area contributed by atoms with Crippen LogP contribution in [0.1, 0.15) is 35.9 Å². The smallest absolute Gasteiger partial charge is 0.150 e. The number of fused-ring (bicyclic) bond motifs is 1. The highest BCUT2D eigenvalue weighted by atomic mass is 16.5. The third kappa shape index (κ3) is 2.69. The lowest BCUT2D eigenvalue weighted by Gasteiger charge is -2.21. The number of nitrogens with zero attached hydrogens (tertiary/aromatic N) is 5. The number of rotatable bonds is 4. The minimum absolute atomic E-state index is 0.690. The van der Waals surface area contributed by atoms with Crippen molar-refractivity contribution in [3.63, 3.8) is 0 Å². The molecule has 2 aliphatic heterocycles. The maximum Gasteiger partial charge on any atom is 0.150 e. The Balaban J connectivity index is 1.22. The molecule has 0 aromatic carbocycles. The van der Waals surface area contributed by atoms with Crippen LogP contribution in [0.25, 0.3) is 0 Å². The van der Waals surface area contributed by atoms with Crippen molar-refractivity contribution in [2.45, 2.75) is 32.2 Å². The standard InChI is InChI=1S/C18H23N5O/c1-12-4-16(24-21-12)10-22-6-14-8-23(9-15(14)7-22)18-5-17(13-2-3-13)19-11-20-18/h4-5,11,13-15H,2-3,6-10H2,1H3. The van der Waals surface area contributed by atoms with Gasteiger partial charge in [0.15, 0.2) is 5.76 Å². The molecule has 0 amide bonds. The quantitative estimate of drug-likeness (QED) is 0.859. The van der Waals surface area contributed by atoms with Gasteiger partial charge in [-0.1, -0.05) is 5.16 Å². The van der Waals surface area contributed by atoms with E-state index in [2.05, 4.69) is 31.0 Å². The summed E-state index contributed by atoms with van der Waals surface area (Å²) in [5.41, 5.74) is 2.20. The van der Waals surface area contributed by atoms with Gasteiger partial charge in [0, 0.05) is 49.9 Å². The van der Waals surface area contributed by atoms with Crippen molar-refractivity contribution < 1.29 is 4.52 Å². The fourth-order valence-corrected chi connectivity index (χ4v) is 4.25. The summed E-state index contributed by atoms with van der Waals surface area (Å²) in [5, 5.41) is 3.99. The molecule has 3 fully saturated rings. The van der Waals surface area contributed by atoms with Crippen LogP contribution in [0.15, 0.2) is 23.0 Å². The van der Waals surface area contributed by atoms with Crippen LogP contribution in [0, 0.1) is 18.8 Å². The molecule has 2 atom stereocenters. The zero-order valence-electron chi connectivity index (χ0n) is 14.1. The molecule has 1 saturated carbocycles. The van der Waals surface area contributed by atoms with Crippen molar-refractivity contribution in [1.29, 1.82) is 0 Å². The molecule has 4 heterocycles. The minimum Gasteiger partial charge on any atom is -0.360 e. The fourth-order valence-electron chi connectivity index (χ4n) is 4.25. The highest BCUT2D eigenvalue weighted by Crippen LogP contribution is 2.40. The summed E-state index contributed by atoms with van der Waals surface area (Å²) in [5.74, 6) is 4.25. The summed E-state index contributed by atoms with van der Waals surface area (Å²) in [6.07, 6.45) is 4.32. The topological polar surface area (TPSA) is 58.3 Å². The van der Waals surface area contributed by atoms with Gasteiger partial charge in [0.2, 0.25) is 0 Å². The minimum atomic E-state index is 0.690. The number of anilines is 1. The van der Waals surface area contributed by atoms with Gasteiger partial charge in [-0.3, -0.25) is 4.90 Å². The molecule has 6 nitrogen and oxygen atoms in total. The number of likely N-dealkylation sites (tertiary alicyclic amines) is 1. The molecule has 2 aromatic rings. The van der Waals surface area contributed by atoms with Crippen LogP contribution in [0.2, 0.25) is 0 Å². The van der Waals surface area contributed by atoms with E-state index in [0.717, 1.165) is 61.8 Å². The Kier molecular flexibility index (Phi) is 3.33.